The summed E-state index contributed by atoms with van der Waals surface area (Å²) in [6, 6.07) is 4.96. The third-order valence-electron chi connectivity index (χ3n) is 2.94. The van der Waals surface area contributed by atoms with E-state index in [0.29, 0.717) is 11.9 Å². The van der Waals surface area contributed by atoms with E-state index in [1.54, 1.807) is 6.07 Å². The minimum absolute atomic E-state index is 0.251. The number of carbonyl (C=O) groups is 1. The molecule has 2 heterocycles. The second kappa shape index (κ2) is 3.83. The molecule has 1 fully saturated rings. The fourth-order valence-electron chi connectivity index (χ4n) is 1.84. The molecule has 1 N–H and O–H groups in total. The lowest BCUT2D eigenvalue weighted by molar-refractivity contribution is 0.0694. The number of aromatic carboxylic acids is 1. The fraction of sp³-hybridized carbons (Fsp3) is 0.250. The van der Waals surface area contributed by atoms with E-state index in [-0.39, 0.29) is 5.56 Å². The molecule has 0 spiro atoms. The number of pyridine rings is 1. The van der Waals surface area contributed by atoms with Gasteiger partial charge in [0.05, 0.1) is 6.04 Å². The molecular formula is C12H11N3O3. The minimum Gasteiger partial charge on any atom is -0.477 e. The molecule has 3 rings (SSSR count). The van der Waals surface area contributed by atoms with E-state index < -0.39 is 11.5 Å². The first kappa shape index (κ1) is 10.8. The Morgan fingerprint density at radius 3 is 2.78 bits per heavy atom. The summed E-state index contributed by atoms with van der Waals surface area (Å²) in [5, 5.41) is 13.2. The molecule has 0 atom stereocenters. The molecule has 0 saturated heterocycles. The van der Waals surface area contributed by atoms with Gasteiger partial charge in [-0.3, -0.25) is 14.0 Å². The number of hydrogen-bond donors (Lipinski definition) is 1. The molecule has 0 amide bonds. The topological polar surface area (TPSA) is 77.1 Å². The van der Waals surface area contributed by atoms with Crippen LogP contribution in [0.25, 0.3) is 5.82 Å². The summed E-state index contributed by atoms with van der Waals surface area (Å²) < 4.78 is 3.07. The van der Waals surface area contributed by atoms with Crippen molar-refractivity contribution in [1.82, 2.24) is 14.3 Å². The van der Waals surface area contributed by atoms with Gasteiger partial charge in [-0.25, -0.2) is 4.79 Å². The van der Waals surface area contributed by atoms with Crippen LogP contribution in [0.1, 0.15) is 29.2 Å². The van der Waals surface area contributed by atoms with E-state index in [0.717, 1.165) is 12.8 Å². The standard InChI is InChI=1S/C12H11N3O3/c16-11-9(12(17)18)2-1-6-14(11)10-5-7-15(13-10)8-3-4-8/h1-2,5-8H,3-4H2,(H,17,18). The van der Waals surface area contributed by atoms with Crippen LogP contribution in [-0.4, -0.2) is 25.4 Å². The van der Waals surface area contributed by atoms with Crippen LogP contribution in [0.15, 0.2) is 35.4 Å². The zero-order valence-electron chi connectivity index (χ0n) is 9.48. The maximum absolute atomic E-state index is 11.9. The molecule has 1 saturated carbocycles. The molecule has 92 valence electrons. The maximum Gasteiger partial charge on any atom is 0.341 e. The Morgan fingerprint density at radius 2 is 2.11 bits per heavy atom. The number of aromatic nitrogens is 3. The number of carboxylic acid groups (broad SMARTS) is 1. The molecule has 0 aliphatic heterocycles. The van der Waals surface area contributed by atoms with E-state index in [2.05, 4.69) is 5.10 Å². The normalized spacial score (nSPS) is 14.7. The fourth-order valence-corrected chi connectivity index (χ4v) is 1.84. The monoisotopic (exact) mass is 245 g/mol. The number of hydrogen-bond acceptors (Lipinski definition) is 3. The van der Waals surface area contributed by atoms with Crippen molar-refractivity contribution in [1.29, 1.82) is 0 Å². The van der Waals surface area contributed by atoms with Crippen molar-refractivity contribution in [2.45, 2.75) is 18.9 Å². The van der Waals surface area contributed by atoms with Gasteiger partial charge in [-0.05, 0) is 25.0 Å². The van der Waals surface area contributed by atoms with Crippen LogP contribution in [0.3, 0.4) is 0 Å². The van der Waals surface area contributed by atoms with E-state index in [4.69, 9.17) is 5.11 Å². The zero-order valence-corrected chi connectivity index (χ0v) is 9.48. The molecule has 2 aromatic heterocycles. The molecule has 0 bridgehead atoms. The average Bonchev–Trinajstić information content (AvgIpc) is 3.08. The van der Waals surface area contributed by atoms with E-state index in [1.807, 2.05) is 10.9 Å². The Bertz CT molecular complexity index is 667. The van der Waals surface area contributed by atoms with Gasteiger partial charge in [-0.2, -0.15) is 5.10 Å². The van der Waals surface area contributed by atoms with Gasteiger partial charge in [0.25, 0.3) is 5.56 Å². The third-order valence-corrected chi connectivity index (χ3v) is 2.94. The highest BCUT2D eigenvalue weighted by Gasteiger charge is 2.24. The lowest BCUT2D eigenvalue weighted by atomic mass is 10.3. The SMILES string of the molecule is O=C(O)c1cccn(-c2ccn(C3CC3)n2)c1=O. The van der Waals surface area contributed by atoms with Crippen LogP contribution in [-0.2, 0) is 0 Å². The number of nitrogens with zero attached hydrogens (tertiary/aromatic N) is 3. The Morgan fingerprint density at radius 1 is 1.33 bits per heavy atom. The molecule has 1 aliphatic carbocycles. The molecule has 6 nitrogen and oxygen atoms in total. The van der Waals surface area contributed by atoms with Crippen LogP contribution in [0.2, 0.25) is 0 Å². The smallest absolute Gasteiger partial charge is 0.341 e. The highest BCUT2D eigenvalue weighted by Crippen LogP contribution is 2.34. The van der Waals surface area contributed by atoms with E-state index in [1.165, 1.54) is 22.9 Å². The van der Waals surface area contributed by atoms with Gasteiger partial charge in [0.1, 0.15) is 5.56 Å². The first-order valence-corrected chi connectivity index (χ1v) is 5.67. The van der Waals surface area contributed by atoms with Gasteiger partial charge in [0.2, 0.25) is 0 Å². The van der Waals surface area contributed by atoms with Crippen molar-refractivity contribution in [2.24, 2.45) is 0 Å². The Kier molecular flexibility index (Phi) is 2.29. The van der Waals surface area contributed by atoms with Crippen LogP contribution in [0, 0.1) is 0 Å². The summed E-state index contributed by atoms with van der Waals surface area (Å²) in [5.74, 6) is -0.772. The van der Waals surface area contributed by atoms with Crippen molar-refractivity contribution >= 4 is 5.97 Å². The number of rotatable bonds is 3. The van der Waals surface area contributed by atoms with Gasteiger partial charge in [-0.1, -0.05) is 0 Å². The molecule has 0 unspecified atom stereocenters. The second-order valence-corrected chi connectivity index (χ2v) is 4.29. The largest absolute Gasteiger partial charge is 0.477 e. The summed E-state index contributed by atoms with van der Waals surface area (Å²) in [4.78, 5) is 22.8. The minimum atomic E-state index is -1.23. The first-order chi connectivity index (χ1) is 8.66. The van der Waals surface area contributed by atoms with Crippen LogP contribution in [0.4, 0.5) is 0 Å². The van der Waals surface area contributed by atoms with Gasteiger partial charge >= 0.3 is 5.97 Å². The van der Waals surface area contributed by atoms with Crippen molar-refractivity contribution in [3.8, 4) is 5.82 Å². The summed E-state index contributed by atoms with van der Waals surface area (Å²) in [5.41, 5.74) is -0.815. The van der Waals surface area contributed by atoms with Gasteiger partial charge in [0, 0.05) is 18.5 Å². The summed E-state index contributed by atoms with van der Waals surface area (Å²) in [7, 11) is 0. The molecule has 18 heavy (non-hydrogen) atoms. The predicted molar refractivity (Wildman–Crippen MR) is 63.1 cm³/mol. The van der Waals surface area contributed by atoms with Crippen LogP contribution in [0.5, 0.6) is 0 Å². The quantitative estimate of drug-likeness (QED) is 0.877. The lowest BCUT2D eigenvalue weighted by Crippen LogP contribution is -2.24. The number of carboxylic acids is 1. The van der Waals surface area contributed by atoms with Crippen molar-refractivity contribution in [3.63, 3.8) is 0 Å². The van der Waals surface area contributed by atoms with Gasteiger partial charge in [-0.15, -0.1) is 0 Å². The predicted octanol–water partition coefficient (Wildman–Crippen LogP) is 1.07. The van der Waals surface area contributed by atoms with Crippen LogP contribution >= 0.6 is 0 Å². The molecule has 0 aromatic carbocycles. The molecule has 0 radical (unpaired) electrons. The van der Waals surface area contributed by atoms with Crippen molar-refractivity contribution in [3.05, 3.63) is 46.5 Å². The third kappa shape index (κ3) is 1.71. The summed E-state index contributed by atoms with van der Waals surface area (Å²) in [6.45, 7) is 0. The first-order valence-electron chi connectivity index (χ1n) is 5.67. The average molecular weight is 245 g/mol. The summed E-state index contributed by atoms with van der Waals surface area (Å²) >= 11 is 0. The lowest BCUT2D eigenvalue weighted by Gasteiger charge is -2.02. The van der Waals surface area contributed by atoms with E-state index >= 15 is 0 Å². The molecular weight excluding hydrogens is 234 g/mol. The highest BCUT2D eigenvalue weighted by molar-refractivity contribution is 5.87. The second-order valence-electron chi connectivity index (χ2n) is 4.29. The summed E-state index contributed by atoms with van der Waals surface area (Å²) in [6.07, 6.45) is 5.54. The van der Waals surface area contributed by atoms with Crippen LogP contribution < -0.4 is 5.56 Å². The molecule has 2 aromatic rings. The van der Waals surface area contributed by atoms with Gasteiger partial charge in [0.15, 0.2) is 5.82 Å². The molecule has 6 heteroatoms. The zero-order chi connectivity index (χ0) is 12.7. The maximum atomic E-state index is 11.9. The highest BCUT2D eigenvalue weighted by atomic mass is 16.4. The van der Waals surface area contributed by atoms with Crippen molar-refractivity contribution < 1.29 is 9.90 Å². The van der Waals surface area contributed by atoms with E-state index in [9.17, 15) is 9.59 Å². The Balaban J connectivity index is 2.07. The molecule has 1 aliphatic rings. The van der Waals surface area contributed by atoms with Crippen molar-refractivity contribution in [2.75, 3.05) is 0 Å². The Labute approximate surface area is 102 Å². The Hall–Kier alpha value is -2.37. The van der Waals surface area contributed by atoms with Gasteiger partial charge < -0.3 is 5.11 Å².